The van der Waals surface area contributed by atoms with Crippen molar-refractivity contribution in [2.45, 2.75) is 50.5 Å². The predicted molar refractivity (Wildman–Crippen MR) is 114 cm³/mol. The Kier molecular flexibility index (Phi) is 6.77. The lowest BCUT2D eigenvalue weighted by atomic mass is 10.1. The van der Waals surface area contributed by atoms with Crippen LogP contribution in [0.1, 0.15) is 47.2 Å². The first kappa shape index (κ1) is 21.8. The molecule has 7 nitrogen and oxygen atoms in total. The van der Waals surface area contributed by atoms with E-state index in [4.69, 9.17) is 4.74 Å². The van der Waals surface area contributed by atoms with Crippen LogP contribution in [0.25, 0.3) is 0 Å². The van der Waals surface area contributed by atoms with E-state index in [1.807, 2.05) is 6.92 Å². The average molecular weight is 431 g/mol. The molecule has 1 aliphatic rings. The number of anilines is 1. The van der Waals surface area contributed by atoms with Crippen LogP contribution < -0.4 is 10.0 Å². The number of carbonyl (C=O) groups is 2. The molecule has 0 radical (unpaired) electrons. The molecule has 1 amide bonds. The zero-order valence-electron chi connectivity index (χ0n) is 17.1. The first-order chi connectivity index (χ1) is 14.2. The third-order valence-corrected chi connectivity index (χ3v) is 6.60. The normalized spacial score (nSPS) is 14.3. The number of carbonyl (C=O) groups excluding carboxylic acids is 2. The third-order valence-electron chi connectivity index (χ3n) is 5.07. The number of rotatable bonds is 7. The van der Waals surface area contributed by atoms with Crippen molar-refractivity contribution < 1.29 is 22.7 Å². The van der Waals surface area contributed by atoms with Gasteiger partial charge in [-0.1, -0.05) is 36.6 Å². The number of hydrogen-bond acceptors (Lipinski definition) is 5. The second-order valence-electron chi connectivity index (χ2n) is 7.58. The third kappa shape index (κ3) is 5.60. The first-order valence-corrected chi connectivity index (χ1v) is 11.4. The Hall–Kier alpha value is -2.87. The van der Waals surface area contributed by atoms with Crippen molar-refractivity contribution in [1.29, 1.82) is 0 Å². The highest BCUT2D eigenvalue weighted by Gasteiger charge is 2.21. The molecule has 2 N–H and O–H groups in total. The van der Waals surface area contributed by atoms with Crippen LogP contribution in [0.2, 0.25) is 0 Å². The van der Waals surface area contributed by atoms with Gasteiger partial charge in [0.25, 0.3) is 15.9 Å². The summed E-state index contributed by atoms with van der Waals surface area (Å²) < 4.78 is 33.2. The second kappa shape index (κ2) is 9.30. The topological polar surface area (TPSA) is 102 Å². The van der Waals surface area contributed by atoms with Gasteiger partial charge in [-0.25, -0.2) is 13.2 Å². The summed E-state index contributed by atoms with van der Waals surface area (Å²) in [6, 6.07) is 11.4. The molecule has 1 saturated carbocycles. The molecule has 0 aromatic heterocycles. The van der Waals surface area contributed by atoms with E-state index in [0.29, 0.717) is 11.3 Å². The minimum absolute atomic E-state index is 0.0204. The molecule has 1 fully saturated rings. The van der Waals surface area contributed by atoms with E-state index < -0.39 is 22.6 Å². The Morgan fingerprint density at radius 1 is 1.03 bits per heavy atom. The van der Waals surface area contributed by atoms with Crippen molar-refractivity contribution in [3.8, 4) is 0 Å². The van der Waals surface area contributed by atoms with Gasteiger partial charge in [0, 0.05) is 11.7 Å². The largest absolute Gasteiger partial charge is 0.452 e. The average Bonchev–Trinajstić information content (AvgIpc) is 3.21. The van der Waals surface area contributed by atoms with Gasteiger partial charge < -0.3 is 10.1 Å². The summed E-state index contributed by atoms with van der Waals surface area (Å²) in [6.45, 7) is 3.16. The van der Waals surface area contributed by atoms with Gasteiger partial charge in [0.05, 0.1) is 10.5 Å². The van der Waals surface area contributed by atoms with Crippen LogP contribution in [0.15, 0.2) is 47.4 Å². The number of nitrogens with one attached hydrogen (secondary N) is 2. The fourth-order valence-electron chi connectivity index (χ4n) is 3.40. The molecule has 0 unspecified atom stereocenters. The molecule has 0 bridgehead atoms. The molecule has 0 spiro atoms. The van der Waals surface area contributed by atoms with Gasteiger partial charge in [-0.3, -0.25) is 9.52 Å². The minimum atomic E-state index is -3.90. The number of aryl methyl sites for hydroxylation is 2. The lowest BCUT2D eigenvalue weighted by Gasteiger charge is -2.13. The fourth-order valence-corrected chi connectivity index (χ4v) is 4.73. The van der Waals surface area contributed by atoms with Crippen molar-refractivity contribution >= 4 is 27.6 Å². The van der Waals surface area contributed by atoms with Crippen molar-refractivity contribution in [3.05, 3.63) is 59.2 Å². The maximum Gasteiger partial charge on any atom is 0.338 e. The monoisotopic (exact) mass is 430 g/mol. The van der Waals surface area contributed by atoms with E-state index in [-0.39, 0.29) is 22.4 Å². The Labute approximate surface area is 176 Å². The van der Waals surface area contributed by atoms with Crippen LogP contribution in [-0.2, 0) is 19.6 Å². The molecule has 0 heterocycles. The van der Waals surface area contributed by atoms with Crippen molar-refractivity contribution in [2.75, 3.05) is 11.3 Å². The first-order valence-electron chi connectivity index (χ1n) is 9.91. The quantitative estimate of drug-likeness (QED) is 0.656. The van der Waals surface area contributed by atoms with Gasteiger partial charge in [-0.05, 0) is 56.5 Å². The van der Waals surface area contributed by atoms with E-state index in [0.717, 1.165) is 31.2 Å². The minimum Gasteiger partial charge on any atom is -0.452 e. The number of benzene rings is 2. The summed E-state index contributed by atoms with van der Waals surface area (Å²) in [6.07, 6.45) is 4.05. The van der Waals surface area contributed by atoms with Crippen LogP contribution in [-0.4, -0.2) is 32.9 Å². The number of amides is 1. The summed E-state index contributed by atoms with van der Waals surface area (Å²) >= 11 is 0. The van der Waals surface area contributed by atoms with Crippen LogP contribution in [0, 0.1) is 13.8 Å². The Balaban J connectivity index is 1.68. The summed E-state index contributed by atoms with van der Waals surface area (Å²) in [7, 11) is -3.90. The van der Waals surface area contributed by atoms with Crippen LogP contribution in [0.4, 0.5) is 5.69 Å². The van der Waals surface area contributed by atoms with Gasteiger partial charge >= 0.3 is 5.97 Å². The Bertz CT molecular complexity index is 1030. The molecule has 160 valence electrons. The lowest BCUT2D eigenvalue weighted by Crippen LogP contribution is -2.35. The maximum atomic E-state index is 12.8. The van der Waals surface area contributed by atoms with Gasteiger partial charge in [-0.15, -0.1) is 0 Å². The molecule has 2 aromatic rings. The van der Waals surface area contributed by atoms with Crippen molar-refractivity contribution in [3.63, 3.8) is 0 Å². The summed E-state index contributed by atoms with van der Waals surface area (Å²) in [4.78, 5) is 24.3. The molecule has 2 aromatic carbocycles. The standard InChI is InChI=1S/C22H26N2O5S/c1-15-7-11-19(12-8-15)24-30(27,28)20-13-17(10-9-16(20)2)22(26)29-14-21(25)23-18-5-3-4-6-18/h7-13,18,24H,3-6,14H2,1-2H3,(H,23,25). The van der Waals surface area contributed by atoms with Crippen molar-refractivity contribution in [2.24, 2.45) is 0 Å². The molecule has 0 saturated heterocycles. The molecular weight excluding hydrogens is 404 g/mol. The SMILES string of the molecule is Cc1ccc(NS(=O)(=O)c2cc(C(=O)OCC(=O)NC3CCCC3)ccc2C)cc1. The highest BCUT2D eigenvalue weighted by molar-refractivity contribution is 7.92. The molecule has 0 aliphatic heterocycles. The second-order valence-corrected chi connectivity index (χ2v) is 9.23. The van der Waals surface area contributed by atoms with Crippen LogP contribution in [0.5, 0.6) is 0 Å². The van der Waals surface area contributed by atoms with Gasteiger partial charge in [-0.2, -0.15) is 0 Å². The van der Waals surface area contributed by atoms with E-state index in [1.165, 1.54) is 12.1 Å². The van der Waals surface area contributed by atoms with E-state index in [2.05, 4.69) is 10.0 Å². The van der Waals surface area contributed by atoms with Crippen LogP contribution >= 0.6 is 0 Å². The Morgan fingerprint density at radius 3 is 2.37 bits per heavy atom. The molecule has 8 heteroatoms. The molecule has 1 aliphatic carbocycles. The van der Waals surface area contributed by atoms with Crippen molar-refractivity contribution in [1.82, 2.24) is 5.32 Å². The fraction of sp³-hybridized carbons (Fsp3) is 0.364. The van der Waals surface area contributed by atoms with Gasteiger partial charge in [0.1, 0.15) is 0 Å². The summed E-state index contributed by atoms with van der Waals surface area (Å²) in [5, 5.41) is 2.84. The zero-order valence-corrected chi connectivity index (χ0v) is 17.9. The smallest absolute Gasteiger partial charge is 0.338 e. The maximum absolute atomic E-state index is 12.8. The molecule has 3 rings (SSSR count). The Morgan fingerprint density at radius 2 is 1.70 bits per heavy atom. The molecule has 0 atom stereocenters. The van der Waals surface area contributed by atoms with Gasteiger partial charge in [0.15, 0.2) is 6.61 Å². The lowest BCUT2D eigenvalue weighted by molar-refractivity contribution is -0.124. The summed E-state index contributed by atoms with van der Waals surface area (Å²) in [5.74, 6) is -1.10. The highest BCUT2D eigenvalue weighted by atomic mass is 32.2. The molecule has 30 heavy (non-hydrogen) atoms. The molecular formula is C22H26N2O5S. The van der Waals surface area contributed by atoms with Gasteiger partial charge in [0.2, 0.25) is 0 Å². The van der Waals surface area contributed by atoms with Crippen LogP contribution in [0.3, 0.4) is 0 Å². The predicted octanol–water partition coefficient (Wildman–Crippen LogP) is 3.32. The number of ether oxygens (including phenoxy) is 1. The van der Waals surface area contributed by atoms with E-state index in [1.54, 1.807) is 37.3 Å². The van der Waals surface area contributed by atoms with E-state index in [9.17, 15) is 18.0 Å². The van der Waals surface area contributed by atoms with E-state index >= 15 is 0 Å². The number of hydrogen-bond donors (Lipinski definition) is 2. The zero-order chi connectivity index (χ0) is 21.7. The summed E-state index contributed by atoms with van der Waals surface area (Å²) in [5.41, 5.74) is 2.00. The highest BCUT2D eigenvalue weighted by Crippen LogP contribution is 2.22. The number of sulfonamides is 1. The number of esters is 1.